The second-order valence-corrected chi connectivity index (χ2v) is 8.93. The van der Waals surface area contributed by atoms with Gasteiger partial charge in [0.2, 0.25) is 0 Å². The molecular formula is C14H24O4S. The topological polar surface area (TPSA) is 71.4 Å². The van der Waals surface area contributed by atoms with Gasteiger partial charge in [-0.05, 0) is 49.4 Å². The van der Waals surface area contributed by atoms with Gasteiger partial charge in [-0.1, -0.05) is 13.8 Å². The van der Waals surface area contributed by atoms with Crippen LogP contribution in [0.25, 0.3) is 0 Å². The molecule has 2 rings (SSSR count). The van der Waals surface area contributed by atoms with Crippen LogP contribution in [0.4, 0.5) is 0 Å². The summed E-state index contributed by atoms with van der Waals surface area (Å²) in [6.45, 7) is 4.35. The van der Waals surface area contributed by atoms with Gasteiger partial charge in [-0.2, -0.15) is 0 Å². The first-order valence-corrected chi connectivity index (χ1v) is 9.04. The number of sulfone groups is 1. The predicted molar refractivity (Wildman–Crippen MR) is 73.6 cm³/mol. The third kappa shape index (κ3) is 3.50. The maximum Gasteiger partial charge on any atom is 0.307 e. The summed E-state index contributed by atoms with van der Waals surface area (Å²) < 4.78 is 23.2. The van der Waals surface area contributed by atoms with E-state index in [0.717, 1.165) is 19.3 Å². The number of carbonyl (C=O) groups is 1. The zero-order valence-corrected chi connectivity index (χ0v) is 12.5. The molecule has 1 aliphatic carbocycles. The summed E-state index contributed by atoms with van der Waals surface area (Å²) >= 11 is 0. The highest BCUT2D eigenvalue weighted by atomic mass is 32.2. The number of hydrogen-bond donors (Lipinski definition) is 1. The van der Waals surface area contributed by atoms with E-state index in [0.29, 0.717) is 18.3 Å². The van der Waals surface area contributed by atoms with Crippen molar-refractivity contribution in [1.82, 2.24) is 0 Å². The first kappa shape index (κ1) is 14.8. The molecule has 0 aromatic carbocycles. The molecule has 0 bridgehead atoms. The van der Waals surface area contributed by atoms with E-state index in [9.17, 15) is 18.3 Å². The summed E-state index contributed by atoms with van der Waals surface area (Å²) in [4.78, 5) is 11.6. The zero-order valence-electron chi connectivity index (χ0n) is 11.7. The average molecular weight is 288 g/mol. The van der Waals surface area contributed by atoms with E-state index in [1.807, 2.05) is 0 Å². The van der Waals surface area contributed by atoms with Gasteiger partial charge in [0.25, 0.3) is 0 Å². The van der Waals surface area contributed by atoms with Crippen LogP contribution >= 0.6 is 0 Å². The van der Waals surface area contributed by atoms with Gasteiger partial charge in [-0.25, -0.2) is 8.42 Å². The van der Waals surface area contributed by atoms with Crippen LogP contribution in [0.5, 0.6) is 0 Å². The van der Waals surface area contributed by atoms with Gasteiger partial charge in [-0.3, -0.25) is 4.79 Å². The second kappa shape index (κ2) is 5.43. The molecule has 1 saturated heterocycles. The van der Waals surface area contributed by atoms with Crippen molar-refractivity contribution in [2.45, 2.75) is 39.5 Å². The van der Waals surface area contributed by atoms with Crippen molar-refractivity contribution in [1.29, 1.82) is 0 Å². The molecule has 5 heteroatoms. The zero-order chi connectivity index (χ0) is 14.2. The molecule has 1 N–H and O–H groups in total. The second-order valence-electron chi connectivity index (χ2n) is 6.70. The molecule has 110 valence electrons. The average Bonchev–Trinajstić information content (AvgIpc) is 2.56. The summed E-state index contributed by atoms with van der Waals surface area (Å²) in [5.74, 6) is 0.0420. The van der Waals surface area contributed by atoms with Crippen molar-refractivity contribution in [3.8, 4) is 0 Å². The van der Waals surface area contributed by atoms with Crippen molar-refractivity contribution < 1.29 is 18.3 Å². The third-order valence-corrected chi connectivity index (χ3v) is 6.58. The molecule has 4 nitrogen and oxygen atoms in total. The summed E-state index contributed by atoms with van der Waals surface area (Å²) in [5, 5.41) is 9.53. The molecule has 0 aromatic rings. The summed E-state index contributed by atoms with van der Waals surface area (Å²) in [6, 6.07) is 0. The van der Waals surface area contributed by atoms with Gasteiger partial charge in [0, 0.05) is 0 Å². The Morgan fingerprint density at radius 1 is 1.11 bits per heavy atom. The molecular weight excluding hydrogens is 264 g/mol. The Balaban J connectivity index is 2.14. The molecule has 1 heterocycles. The van der Waals surface area contributed by atoms with Crippen molar-refractivity contribution in [3.05, 3.63) is 0 Å². The minimum Gasteiger partial charge on any atom is -0.481 e. The Kier molecular flexibility index (Phi) is 4.23. The van der Waals surface area contributed by atoms with E-state index in [2.05, 4.69) is 13.8 Å². The third-order valence-electron chi connectivity index (χ3n) is 4.78. The van der Waals surface area contributed by atoms with E-state index >= 15 is 0 Å². The van der Waals surface area contributed by atoms with Gasteiger partial charge in [0.1, 0.15) is 0 Å². The maximum atomic E-state index is 11.6. The molecule has 4 atom stereocenters. The van der Waals surface area contributed by atoms with Crippen LogP contribution in [0.1, 0.15) is 39.5 Å². The molecule has 0 radical (unpaired) electrons. The quantitative estimate of drug-likeness (QED) is 0.864. The molecule has 4 unspecified atom stereocenters. The van der Waals surface area contributed by atoms with Crippen molar-refractivity contribution in [3.63, 3.8) is 0 Å². The predicted octanol–water partition coefficient (Wildman–Crippen LogP) is 2.19. The fourth-order valence-electron chi connectivity index (χ4n) is 4.20. The number of rotatable bonds is 3. The molecule has 0 amide bonds. The summed E-state index contributed by atoms with van der Waals surface area (Å²) in [5.41, 5.74) is 0. The van der Waals surface area contributed by atoms with E-state index in [4.69, 9.17) is 0 Å². The largest absolute Gasteiger partial charge is 0.481 e. The highest BCUT2D eigenvalue weighted by molar-refractivity contribution is 7.91. The Bertz CT molecular complexity index is 432. The normalized spacial score (nSPS) is 39.9. The van der Waals surface area contributed by atoms with Crippen molar-refractivity contribution >= 4 is 15.8 Å². The lowest BCUT2D eigenvalue weighted by Crippen LogP contribution is -2.36. The smallest absolute Gasteiger partial charge is 0.307 e. The molecule has 0 spiro atoms. The highest BCUT2D eigenvalue weighted by Crippen LogP contribution is 2.42. The summed E-state index contributed by atoms with van der Waals surface area (Å²) in [6.07, 6.45) is 3.54. The monoisotopic (exact) mass is 288 g/mol. The van der Waals surface area contributed by atoms with Gasteiger partial charge >= 0.3 is 5.97 Å². The molecule has 19 heavy (non-hydrogen) atoms. The Labute approximate surface area is 115 Å². The number of aliphatic carboxylic acids is 1. The van der Waals surface area contributed by atoms with Crippen LogP contribution < -0.4 is 0 Å². The number of carboxylic acid groups (broad SMARTS) is 1. The fraction of sp³-hybridized carbons (Fsp3) is 0.929. The Hall–Kier alpha value is -0.580. The Morgan fingerprint density at radius 3 is 2.11 bits per heavy atom. The minimum atomic E-state index is -3.00. The van der Waals surface area contributed by atoms with E-state index in [1.54, 1.807) is 0 Å². The van der Waals surface area contributed by atoms with Crippen LogP contribution in [-0.2, 0) is 14.6 Å². The highest BCUT2D eigenvalue weighted by Gasteiger charge is 2.43. The van der Waals surface area contributed by atoms with Gasteiger partial charge in [0.15, 0.2) is 9.84 Å². The molecule has 2 aliphatic rings. The molecule has 1 saturated carbocycles. The van der Waals surface area contributed by atoms with E-state index in [-0.39, 0.29) is 23.3 Å². The van der Waals surface area contributed by atoms with Crippen molar-refractivity contribution in [2.24, 2.45) is 29.6 Å². The number of carboxylic acids is 1. The van der Waals surface area contributed by atoms with Crippen molar-refractivity contribution in [2.75, 3.05) is 11.5 Å². The first-order chi connectivity index (χ1) is 8.78. The van der Waals surface area contributed by atoms with Crippen LogP contribution in [0.2, 0.25) is 0 Å². The Morgan fingerprint density at radius 2 is 1.68 bits per heavy atom. The summed E-state index contributed by atoms with van der Waals surface area (Å²) in [7, 11) is -3.00. The first-order valence-electron chi connectivity index (χ1n) is 7.21. The lowest BCUT2D eigenvalue weighted by Gasteiger charge is -2.36. The van der Waals surface area contributed by atoms with Crippen LogP contribution in [0, 0.1) is 29.6 Å². The van der Waals surface area contributed by atoms with Crippen LogP contribution in [-0.4, -0.2) is 31.0 Å². The molecule has 2 fully saturated rings. The number of hydrogen-bond acceptors (Lipinski definition) is 3. The van der Waals surface area contributed by atoms with E-state index in [1.165, 1.54) is 0 Å². The lowest BCUT2D eigenvalue weighted by molar-refractivity contribution is -0.146. The minimum absolute atomic E-state index is 0.0726. The maximum absolute atomic E-state index is 11.6. The van der Waals surface area contributed by atoms with E-state index < -0.39 is 21.7 Å². The molecule has 0 aromatic heterocycles. The standard InChI is InChI=1S/C14H24O4S/c1-9-5-10(2)7-12(6-9)13(14(15)16)11-3-4-19(17,18)8-11/h9-13H,3-8H2,1-2H3,(H,15,16). The SMILES string of the molecule is CC1CC(C)CC(C(C(=O)O)C2CCS(=O)(=O)C2)C1. The van der Waals surface area contributed by atoms with Gasteiger partial charge in [0.05, 0.1) is 17.4 Å². The van der Waals surface area contributed by atoms with Crippen LogP contribution in [0.3, 0.4) is 0 Å². The van der Waals surface area contributed by atoms with Crippen LogP contribution in [0.15, 0.2) is 0 Å². The lowest BCUT2D eigenvalue weighted by atomic mass is 9.68. The van der Waals surface area contributed by atoms with Gasteiger partial charge < -0.3 is 5.11 Å². The van der Waals surface area contributed by atoms with Gasteiger partial charge in [-0.15, -0.1) is 0 Å². The molecule has 1 aliphatic heterocycles. The fourth-order valence-corrected chi connectivity index (χ4v) is 6.05.